The number of pyridine rings is 1. The van der Waals surface area contributed by atoms with Gasteiger partial charge in [0.25, 0.3) is 0 Å². The van der Waals surface area contributed by atoms with Crippen LogP contribution in [0.25, 0.3) is 0 Å². The highest BCUT2D eigenvalue weighted by atomic mass is 16.5. The summed E-state index contributed by atoms with van der Waals surface area (Å²) in [6, 6.07) is 8.43. The smallest absolute Gasteiger partial charge is 0.118 e. The summed E-state index contributed by atoms with van der Waals surface area (Å²) in [5, 5.41) is 0. The predicted octanol–water partition coefficient (Wildman–Crippen LogP) is 4.45. The molecule has 2 aliphatic heterocycles. The van der Waals surface area contributed by atoms with Crippen LogP contribution < -0.4 is 4.74 Å². The van der Waals surface area contributed by atoms with Gasteiger partial charge in [-0.1, -0.05) is 25.5 Å². The number of unbranched alkanes of at least 4 members (excludes halogenated alkanes) is 1. The van der Waals surface area contributed by atoms with E-state index in [1.165, 1.54) is 46.5 Å². The van der Waals surface area contributed by atoms with Crippen molar-refractivity contribution in [3.05, 3.63) is 57.9 Å². The number of aryl methyl sites for hydroxylation is 1. The second kappa shape index (κ2) is 8.62. The van der Waals surface area contributed by atoms with Gasteiger partial charge >= 0.3 is 0 Å². The summed E-state index contributed by atoms with van der Waals surface area (Å²) < 4.78 is 11.3. The normalized spacial score (nSPS) is 19.2. The van der Waals surface area contributed by atoms with Crippen LogP contribution in [0.4, 0.5) is 0 Å². The largest absolute Gasteiger partial charge is 0.497 e. The Bertz CT molecular complexity index is 816. The Morgan fingerprint density at radius 2 is 2.00 bits per heavy atom. The Hall–Kier alpha value is -1.91. The molecule has 1 aromatic carbocycles. The van der Waals surface area contributed by atoms with Crippen LogP contribution in [0.15, 0.2) is 24.3 Å². The number of fused-ring (bicyclic) bond motifs is 3. The van der Waals surface area contributed by atoms with Gasteiger partial charge < -0.3 is 9.47 Å². The van der Waals surface area contributed by atoms with Crippen molar-refractivity contribution in [2.45, 2.75) is 71.8 Å². The summed E-state index contributed by atoms with van der Waals surface area (Å²) in [5.41, 5.74) is 8.34. The summed E-state index contributed by atoms with van der Waals surface area (Å²) in [6.07, 6.45) is 5.88. The maximum atomic E-state index is 6.05. The van der Waals surface area contributed by atoms with Gasteiger partial charge in [0.05, 0.1) is 19.8 Å². The van der Waals surface area contributed by atoms with Crippen LogP contribution in [0.3, 0.4) is 0 Å². The van der Waals surface area contributed by atoms with Gasteiger partial charge in [-0.3, -0.25) is 9.88 Å². The van der Waals surface area contributed by atoms with Crippen LogP contribution in [0.2, 0.25) is 0 Å². The van der Waals surface area contributed by atoms with Crippen molar-refractivity contribution in [1.29, 1.82) is 0 Å². The van der Waals surface area contributed by atoms with E-state index < -0.39 is 0 Å². The molecular weight excluding hydrogens is 348 g/mol. The lowest BCUT2D eigenvalue weighted by Gasteiger charge is -2.34. The van der Waals surface area contributed by atoms with Gasteiger partial charge in [0, 0.05) is 43.9 Å². The first kappa shape index (κ1) is 19.4. The van der Waals surface area contributed by atoms with Crippen molar-refractivity contribution in [2.75, 3.05) is 13.7 Å². The topological polar surface area (TPSA) is 34.6 Å². The molecule has 2 aliphatic rings. The molecule has 1 aromatic heterocycles. The molecule has 28 heavy (non-hydrogen) atoms. The first-order valence-corrected chi connectivity index (χ1v) is 10.7. The average molecular weight is 381 g/mol. The minimum Gasteiger partial charge on any atom is -0.497 e. The number of benzene rings is 1. The highest BCUT2D eigenvalue weighted by molar-refractivity contribution is 5.43. The molecule has 2 aromatic rings. The highest BCUT2D eigenvalue weighted by Crippen LogP contribution is 2.32. The Morgan fingerprint density at radius 1 is 1.18 bits per heavy atom. The van der Waals surface area contributed by atoms with E-state index in [9.17, 15) is 0 Å². The molecule has 0 aliphatic carbocycles. The maximum Gasteiger partial charge on any atom is 0.118 e. The molecule has 0 amide bonds. The van der Waals surface area contributed by atoms with E-state index in [1.54, 1.807) is 7.11 Å². The standard InChI is InChI=1S/C24H32N2O2/c1-4-5-6-23-20-13-17(2)28-16-22(20)21-15-26(12-11-24(21)25-23)14-18-7-9-19(27-3)10-8-18/h7-10,17H,4-6,11-16H2,1-3H3. The molecule has 1 unspecified atom stereocenters. The zero-order valence-corrected chi connectivity index (χ0v) is 17.5. The number of ether oxygens (including phenoxy) is 2. The van der Waals surface area contributed by atoms with E-state index in [2.05, 4.69) is 30.9 Å². The highest BCUT2D eigenvalue weighted by Gasteiger charge is 2.28. The fraction of sp³-hybridized carbons (Fsp3) is 0.542. The molecule has 0 fully saturated rings. The molecule has 4 rings (SSSR count). The van der Waals surface area contributed by atoms with E-state index in [1.807, 2.05) is 12.1 Å². The number of rotatable bonds is 6. The van der Waals surface area contributed by atoms with Gasteiger partial charge in [-0.05, 0) is 54.2 Å². The first-order chi connectivity index (χ1) is 13.7. The van der Waals surface area contributed by atoms with Crippen LogP contribution >= 0.6 is 0 Å². The SMILES string of the molecule is CCCCc1nc2c(c3c1CC(C)OC3)CN(Cc1ccc(OC)cc1)CC2. The van der Waals surface area contributed by atoms with Gasteiger partial charge in [0.15, 0.2) is 0 Å². The van der Waals surface area contributed by atoms with Crippen molar-refractivity contribution in [3.8, 4) is 5.75 Å². The molecule has 1 atom stereocenters. The van der Waals surface area contributed by atoms with Gasteiger partial charge in [0.1, 0.15) is 5.75 Å². The van der Waals surface area contributed by atoms with Crippen LogP contribution in [0, 0.1) is 0 Å². The Kier molecular flexibility index (Phi) is 5.98. The summed E-state index contributed by atoms with van der Waals surface area (Å²) in [7, 11) is 1.71. The molecule has 0 bridgehead atoms. The van der Waals surface area contributed by atoms with Gasteiger partial charge in [0.2, 0.25) is 0 Å². The second-order valence-corrected chi connectivity index (χ2v) is 8.18. The molecule has 0 radical (unpaired) electrons. The Labute approximate surface area is 168 Å². The molecule has 3 heterocycles. The fourth-order valence-corrected chi connectivity index (χ4v) is 4.45. The number of methoxy groups -OCH3 is 1. The quantitative estimate of drug-likeness (QED) is 0.741. The average Bonchev–Trinajstić information content (AvgIpc) is 2.72. The molecule has 4 nitrogen and oxygen atoms in total. The maximum absolute atomic E-state index is 6.05. The summed E-state index contributed by atoms with van der Waals surface area (Å²) in [5.74, 6) is 0.914. The number of hydrogen-bond acceptors (Lipinski definition) is 4. The van der Waals surface area contributed by atoms with Crippen LogP contribution in [0.5, 0.6) is 5.75 Å². The lowest BCUT2D eigenvalue weighted by molar-refractivity contribution is 0.0391. The van der Waals surface area contributed by atoms with Crippen molar-refractivity contribution in [2.24, 2.45) is 0 Å². The van der Waals surface area contributed by atoms with Gasteiger partial charge in [-0.15, -0.1) is 0 Å². The second-order valence-electron chi connectivity index (χ2n) is 8.18. The summed E-state index contributed by atoms with van der Waals surface area (Å²) in [6.45, 7) is 8.19. The third-order valence-electron chi connectivity index (χ3n) is 6.08. The molecule has 150 valence electrons. The number of hydrogen-bond donors (Lipinski definition) is 0. The fourth-order valence-electron chi connectivity index (χ4n) is 4.45. The predicted molar refractivity (Wildman–Crippen MR) is 112 cm³/mol. The van der Waals surface area contributed by atoms with E-state index in [4.69, 9.17) is 14.5 Å². The molecule has 0 N–H and O–H groups in total. The van der Waals surface area contributed by atoms with Crippen LogP contribution in [-0.2, 0) is 43.7 Å². The third kappa shape index (κ3) is 4.08. The van der Waals surface area contributed by atoms with Crippen molar-refractivity contribution in [3.63, 3.8) is 0 Å². The minimum absolute atomic E-state index is 0.298. The lowest BCUT2D eigenvalue weighted by Crippen LogP contribution is -2.34. The van der Waals surface area contributed by atoms with E-state index in [0.29, 0.717) is 6.10 Å². The van der Waals surface area contributed by atoms with Crippen LogP contribution in [-0.4, -0.2) is 29.6 Å². The third-order valence-corrected chi connectivity index (χ3v) is 6.08. The van der Waals surface area contributed by atoms with Crippen molar-refractivity contribution >= 4 is 0 Å². The zero-order valence-electron chi connectivity index (χ0n) is 17.5. The summed E-state index contributed by atoms with van der Waals surface area (Å²) in [4.78, 5) is 7.70. The molecule has 4 heteroatoms. The number of aromatic nitrogens is 1. The van der Waals surface area contributed by atoms with Gasteiger partial charge in [-0.25, -0.2) is 0 Å². The number of nitrogens with zero attached hydrogens (tertiary/aromatic N) is 2. The first-order valence-electron chi connectivity index (χ1n) is 10.7. The van der Waals surface area contributed by atoms with Crippen molar-refractivity contribution < 1.29 is 9.47 Å². The zero-order chi connectivity index (χ0) is 19.5. The summed E-state index contributed by atoms with van der Waals surface area (Å²) >= 11 is 0. The van der Waals surface area contributed by atoms with Gasteiger partial charge in [-0.2, -0.15) is 0 Å². The van der Waals surface area contributed by atoms with E-state index in [0.717, 1.165) is 51.3 Å². The minimum atomic E-state index is 0.298. The Morgan fingerprint density at radius 3 is 2.75 bits per heavy atom. The van der Waals surface area contributed by atoms with E-state index in [-0.39, 0.29) is 0 Å². The molecule has 0 spiro atoms. The van der Waals surface area contributed by atoms with Crippen molar-refractivity contribution in [1.82, 2.24) is 9.88 Å². The van der Waals surface area contributed by atoms with E-state index >= 15 is 0 Å². The molecule has 0 saturated carbocycles. The monoisotopic (exact) mass is 380 g/mol. The Balaban J connectivity index is 1.57. The van der Waals surface area contributed by atoms with Crippen LogP contribution in [0.1, 0.15) is 60.3 Å². The molecular formula is C24H32N2O2. The molecule has 0 saturated heterocycles. The lowest BCUT2D eigenvalue weighted by atomic mass is 9.89.